The lowest BCUT2D eigenvalue weighted by atomic mass is 9.92. The molecule has 1 N–H and O–H groups in total. The maximum Gasteiger partial charge on any atom is 0.416 e. The van der Waals surface area contributed by atoms with E-state index in [9.17, 15) is 22.8 Å². The summed E-state index contributed by atoms with van der Waals surface area (Å²) in [6.45, 7) is 4.08. The van der Waals surface area contributed by atoms with Gasteiger partial charge in [-0.3, -0.25) is 9.59 Å². The number of carbonyl (C=O) groups is 2. The fraction of sp³-hybridized carbons (Fsp3) is 0.333. The van der Waals surface area contributed by atoms with Crippen molar-refractivity contribution in [3.63, 3.8) is 0 Å². The fourth-order valence-corrected chi connectivity index (χ4v) is 4.01. The van der Waals surface area contributed by atoms with Gasteiger partial charge < -0.3 is 19.5 Å². The van der Waals surface area contributed by atoms with E-state index in [-0.39, 0.29) is 32.7 Å². The summed E-state index contributed by atoms with van der Waals surface area (Å²) in [5, 5.41) is 3.05. The maximum absolute atomic E-state index is 13.5. The molecule has 3 rings (SSSR count). The van der Waals surface area contributed by atoms with Gasteiger partial charge in [0, 0.05) is 18.7 Å². The maximum atomic E-state index is 13.5. The fourth-order valence-electron chi connectivity index (χ4n) is 4.01. The molecule has 1 atom stereocenters. The number of esters is 2. The van der Waals surface area contributed by atoms with E-state index < -0.39 is 29.6 Å². The zero-order valence-corrected chi connectivity index (χ0v) is 22.1. The predicted octanol–water partition coefficient (Wildman–Crippen LogP) is 6.27. The van der Waals surface area contributed by atoms with Crippen LogP contribution in [-0.4, -0.2) is 32.2 Å². The quantitative estimate of drug-likeness (QED) is 0.214. The molecular formula is C30H32F3NO5. The lowest BCUT2D eigenvalue weighted by molar-refractivity contribution is -0.145. The second-order valence-electron chi connectivity index (χ2n) is 8.88. The van der Waals surface area contributed by atoms with E-state index >= 15 is 0 Å². The Morgan fingerprint density at radius 2 is 1.69 bits per heavy atom. The van der Waals surface area contributed by atoms with Crippen molar-refractivity contribution in [2.75, 3.05) is 20.3 Å². The van der Waals surface area contributed by atoms with Gasteiger partial charge in [0.1, 0.15) is 12.4 Å². The number of halogens is 3. The van der Waals surface area contributed by atoms with E-state index in [1.54, 1.807) is 32.0 Å². The monoisotopic (exact) mass is 543 g/mol. The molecule has 1 unspecified atom stereocenters. The summed E-state index contributed by atoms with van der Waals surface area (Å²) in [5.41, 5.74) is 2.13. The number of rotatable bonds is 12. The van der Waals surface area contributed by atoms with Gasteiger partial charge in [-0.05, 0) is 60.4 Å². The molecule has 0 heterocycles. The summed E-state index contributed by atoms with van der Waals surface area (Å²) in [5.74, 6) is -0.951. The number of benzene rings is 3. The van der Waals surface area contributed by atoms with Crippen molar-refractivity contribution in [3.8, 4) is 16.9 Å². The highest BCUT2D eigenvalue weighted by Crippen LogP contribution is 2.38. The van der Waals surface area contributed by atoms with Crippen molar-refractivity contribution < 1.29 is 37.0 Å². The lowest BCUT2D eigenvalue weighted by Gasteiger charge is -2.19. The Balaban J connectivity index is 1.80. The van der Waals surface area contributed by atoms with E-state index in [1.165, 1.54) is 13.2 Å². The zero-order chi connectivity index (χ0) is 28.4. The molecule has 6 nitrogen and oxygen atoms in total. The number of hydrogen-bond donors (Lipinski definition) is 1. The molecule has 3 aromatic rings. The number of hydrogen-bond acceptors (Lipinski definition) is 6. The number of ether oxygens (including phenoxy) is 3. The van der Waals surface area contributed by atoms with Gasteiger partial charge in [0.25, 0.3) is 0 Å². The molecule has 0 amide bonds. The first kappa shape index (κ1) is 29.7. The molecule has 0 aliphatic heterocycles. The van der Waals surface area contributed by atoms with Gasteiger partial charge in [0.15, 0.2) is 0 Å². The standard InChI is InChI=1S/C30H32F3NO5/c1-4-38-29(36)20(2)22-10-13-27(37-3)26(17-22)25-12-11-24(30(31,32)33)16-23(25)18-34-15-14-28(35)39-19-21-8-6-5-7-9-21/h5-13,16-17,20,34H,4,14-15,18-19H2,1-3H3. The molecule has 0 aromatic heterocycles. The molecule has 0 spiro atoms. The van der Waals surface area contributed by atoms with E-state index in [0.717, 1.165) is 17.7 Å². The second-order valence-corrected chi connectivity index (χ2v) is 8.88. The van der Waals surface area contributed by atoms with Gasteiger partial charge >= 0.3 is 18.1 Å². The van der Waals surface area contributed by atoms with Crippen LogP contribution in [0.1, 0.15) is 48.4 Å². The van der Waals surface area contributed by atoms with E-state index in [2.05, 4.69) is 5.32 Å². The third-order valence-corrected chi connectivity index (χ3v) is 6.15. The third-order valence-electron chi connectivity index (χ3n) is 6.15. The largest absolute Gasteiger partial charge is 0.496 e. The van der Waals surface area contributed by atoms with E-state index in [1.807, 2.05) is 30.3 Å². The lowest BCUT2D eigenvalue weighted by Crippen LogP contribution is -2.20. The van der Waals surface area contributed by atoms with Crippen LogP contribution in [0, 0.1) is 0 Å². The van der Waals surface area contributed by atoms with Crippen molar-refractivity contribution in [2.24, 2.45) is 0 Å². The summed E-state index contributed by atoms with van der Waals surface area (Å²) in [6, 6.07) is 17.9. The average Bonchev–Trinajstić information content (AvgIpc) is 2.93. The highest BCUT2D eigenvalue weighted by atomic mass is 19.4. The molecule has 0 radical (unpaired) electrons. The molecule has 0 saturated carbocycles. The van der Waals surface area contributed by atoms with Crippen LogP contribution in [0.4, 0.5) is 13.2 Å². The van der Waals surface area contributed by atoms with Gasteiger partial charge in [0.05, 0.1) is 31.6 Å². The minimum Gasteiger partial charge on any atom is -0.496 e. The summed E-state index contributed by atoms with van der Waals surface area (Å²) in [7, 11) is 1.47. The van der Waals surface area contributed by atoms with Gasteiger partial charge in [-0.15, -0.1) is 0 Å². The zero-order valence-electron chi connectivity index (χ0n) is 22.1. The molecule has 0 bridgehead atoms. The van der Waals surface area contributed by atoms with Gasteiger partial charge in [-0.2, -0.15) is 13.2 Å². The molecule has 0 fully saturated rings. The molecular weight excluding hydrogens is 511 g/mol. The van der Waals surface area contributed by atoms with Crippen LogP contribution < -0.4 is 10.1 Å². The van der Waals surface area contributed by atoms with Crippen molar-refractivity contribution in [1.29, 1.82) is 0 Å². The summed E-state index contributed by atoms with van der Waals surface area (Å²) in [4.78, 5) is 24.4. The van der Waals surface area contributed by atoms with Crippen molar-refractivity contribution in [1.82, 2.24) is 5.32 Å². The van der Waals surface area contributed by atoms with Crippen LogP contribution in [0.3, 0.4) is 0 Å². The number of alkyl halides is 3. The smallest absolute Gasteiger partial charge is 0.416 e. The second kappa shape index (κ2) is 13.8. The normalized spacial score (nSPS) is 12.1. The average molecular weight is 544 g/mol. The SMILES string of the molecule is CCOC(=O)C(C)c1ccc(OC)c(-c2ccc(C(F)(F)F)cc2CNCCC(=O)OCc2ccccc2)c1. The minimum absolute atomic E-state index is 0.0526. The Bertz CT molecular complexity index is 1260. The van der Waals surface area contributed by atoms with Crippen molar-refractivity contribution in [3.05, 3.63) is 89.0 Å². The third kappa shape index (κ3) is 8.32. The Morgan fingerprint density at radius 3 is 2.36 bits per heavy atom. The van der Waals surface area contributed by atoms with Crippen LogP contribution in [0.5, 0.6) is 5.75 Å². The van der Waals surface area contributed by atoms with Crippen LogP contribution in [-0.2, 0) is 38.4 Å². The van der Waals surface area contributed by atoms with E-state index in [0.29, 0.717) is 28.0 Å². The molecule has 0 aliphatic carbocycles. The number of nitrogens with one attached hydrogen (secondary N) is 1. The van der Waals surface area contributed by atoms with Crippen LogP contribution in [0.2, 0.25) is 0 Å². The van der Waals surface area contributed by atoms with Crippen molar-refractivity contribution in [2.45, 2.75) is 45.5 Å². The Hall–Kier alpha value is -3.85. The highest BCUT2D eigenvalue weighted by molar-refractivity contribution is 5.80. The first-order valence-electron chi connectivity index (χ1n) is 12.6. The van der Waals surface area contributed by atoms with Gasteiger partial charge in [-0.1, -0.05) is 42.5 Å². The van der Waals surface area contributed by atoms with Crippen molar-refractivity contribution >= 4 is 11.9 Å². The molecule has 208 valence electrons. The summed E-state index contributed by atoms with van der Waals surface area (Å²) < 4.78 is 56.5. The van der Waals surface area contributed by atoms with Gasteiger partial charge in [-0.25, -0.2) is 0 Å². The topological polar surface area (TPSA) is 73.9 Å². The summed E-state index contributed by atoms with van der Waals surface area (Å²) >= 11 is 0. The molecule has 0 saturated heterocycles. The first-order valence-corrected chi connectivity index (χ1v) is 12.6. The van der Waals surface area contributed by atoms with Crippen LogP contribution in [0.15, 0.2) is 66.7 Å². The molecule has 0 aliphatic rings. The number of methoxy groups -OCH3 is 1. The minimum atomic E-state index is -4.53. The Morgan fingerprint density at radius 1 is 0.949 bits per heavy atom. The van der Waals surface area contributed by atoms with E-state index in [4.69, 9.17) is 14.2 Å². The molecule has 9 heteroatoms. The van der Waals surface area contributed by atoms with Crippen LogP contribution in [0.25, 0.3) is 11.1 Å². The number of carbonyl (C=O) groups excluding carboxylic acids is 2. The highest BCUT2D eigenvalue weighted by Gasteiger charge is 2.31. The first-order chi connectivity index (χ1) is 18.6. The molecule has 3 aromatic carbocycles. The van der Waals surface area contributed by atoms with Gasteiger partial charge in [0.2, 0.25) is 0 Å². The van der Waals surface area contributed by atoms with Crippen LogP contribution >= 0.6 is 0 Å². The molecule has 39 heavy (non-hydrogen) atoms. The Kier molecular flexibility index (Phi) is 10.5. The summed E-state index contributed by atoms with van der Waals surface area (Å²) in [6.07, 6.45) is -4.48. The Labute approximate surface area is 226 Å². The predicted molar refractivity (Wildman–Crippen MR) is 141 cm³/mol.